The van der Waals surface area contributed by atoms with E-state index in [9.17, 15) is 9.59 Å². The van der Waals surface area contributed by atoms with Gasteiger partial charge in [0.1, 0.15) is 5.75 Å². The van der Waals surface area contributed by atoms with Gasteiger partial charge in [0.2, 0.25) is 0 Å². The molecule has 1 aromatic rings. The Hall–Kier alpha value is -1.56. The number of methoxy groups -OCH3 is 1. The van der Waals surface area contributed by atoms with Crippen LogP contribution in [0.2, 0.25) is 0 Å². The summed E-state index contributed by atoms with van der Waals surface area (Å²) in [7, 11) is 1.54. The van der Waals surface area contributed by atoms with Crippen molar-refractivity contribution in [2.75, 3.05) is 20.2 Å². The van der Waals surface area contributed by atoms with Crippen molar-refractivity contribution < 1.29 is 19.4 Å². The van der Waals surface area contributed by atoms with Crippen molar-refractivity contribution in [3.05, 3.63) is 28.2 Å². The Morgan fingerprint density at radius 3 is 2.57 bits per heavy atom. The summed E-state index contributed by atoms with van der Waals surface area (Å²) in [6.45, 7) is 4.68. The Labute approximate surface area is 133 Å². The molecule has 1 aromatic carbocycles. The summed E-state index contributed by atoms with van der Waals surface area (Å²) in [5.74, 6) is -0.270. The lowest BCUT2D eigenvalue weighted by Gasteiger charge is -2.24. The van der Waals surface area contributed by atoms with Crippen LogP contribution in [0.5, 0.6) is 5.75 Å². The van der Waals surface area contributed by atoms with Gasteiger partial charge in [-0.05, 0) is 40.0 Å². The molecule has 116 valence electrons. The van der Waals surface area contributed by atoms with Gasteiger partial charge in [0.25, 0.3) is 5.91 Å². The monoisotopic (exact) mass is 357 g/mol. The number of carboxylic acid groups (broad SMARTS) is 1. The molecule has 0 bridgehead atoms. The van der Waals surface area contributed by atoms with Crippen molar-refractivity contribution in [2.45, 2.75) is 20.3 Å². The lowest BCUT2D eigenvalue weighted by atomic mass is 10.1. The molecular weight excluding hydrogens is 338 g/mol. The van der Waals surface area contributed by atoms with Crippen molar-refractivity contribution in [1.82, 2.24) is 4.90 Å². The molecule has 1 amide bonds. The van der Waals surface area contributed by atoms with Gasteiger partial charge in [-0.2, -0.15) is 0 Å². The maximum atomic E-state index is 12.6. The second kappa shape index (κ2) is 8.02. The molecule has 0 aliphatic rings. The van der Waals surface area contributed by atoms with E-state index in [1.165, 1.54) is 7.11 Å². The number of aliphatic carboxylic acids is 1. The molecule has 21 heavy (non-hydrogen) atoms. The van der Waals surface area contributed by atoms with Gasteiger partial charge < -0.3 is 14.7 Å². The van der Waals surface area contributed by atoms with Crippen LogP contribution in [0.4, 0.5) is 0 Å². The van der Waals surface area contributed by atoms with E-state index in [0.29, 0.717) is 22.3 Å². The average Bonchev–Trinajstić information content (AvgIpc) is 2.42. The Balaban J connectivity index is 3.00. The van der Waals surface area contributed by atoms with E-state index < -0.39 is 5.97 Å². The number of amides is 1. The molecule has 6 heteroatoms. The number of hydrogen-bond acceptors (Lipinski definition) is 3. The first-order valence-corrected chi connectivity index (χ1v) is 7.49. The van der Waals surface area contributed by atoms with Crippen LogP contribution in [0, 0.1) is 5.92 Å². The number of rotatable bonds is 7. The fraction of sp³-hybridized carbons (Fsp3) is 0.467. The molecule has 1 N–H and O–H groups in total. The molecule has 0 saturated heterocycles. The number of carbonyl (C=O) groups excluding carboxylic acids is 1. The molecule has 0 aromatic heterocycles. The van der Waals surface area contributed by atoms with Gasteiger partial charge in [0.15, 0.2) is 0 Å². The second-order valence-electron chi connectivity index (χ2n) is 5.13. The fourth-order valence-corrected chi connectivity index (χ4v) is 2.33. The maximum Gasteiger partial charge on any atom is 0.305 e. The van der Waals surface area contributed by atoms with Crippen LogP contribution in [0.25, 0.3) is 0 Å². The molecule has 0 atom stereocenters. The molecule has 1 rings (SSSR count). The Kier molecular flexibility index (Phi) is 6.68. The van der Waals surface area contributed by atoms with Gasteiger partial charge in [0.05, 0.1) is 19.1 Å². The molecule has 5 nitrogen and oxygen atoms in total. The van der Waals surface area contributed by atoms with E-state index in [2.05, 4.69) is 15.9 Å². The van der Waals surface area contributed by atoms with Crippen molar-refractivity contribution in [2.24, 2.45) is 5.92 Å². The van der Waals surface area contributed by atoms with Gasteiger partial charge in [-0.25, -0.2) is 0 Å². The highest BCUT2D eigenvalue weighted by molar-refractivity contribution is 9.10. The maximum absolute atomic E-state index is 12.6. The number of halogens is 1. The topological polar surface area (TPSA) is 66.8 Å². The van der Waals surface area contributed by atoms with E-state index in [1.807, 2.05) is 13.8 Å². The average molecular weight is 358 g/mol. The minimum Gasteiger partial charge on any atom is -0.497 e. The summed E-state index contributed by atoms with van der Waals surface area (Å²) in [5, 5.41) is 8.82. The van der Waals surface area contributed by atoms with Crippen molar-refractivity contribution in [3.8, 4) is 5.75 Å². The van der Waals surface area contributed by atoms with Crippen molar-refractivity contribution in [1.29, 1.82) is 0 Å². The first-order valence-electron chi connectivity index (χ1n) is 6.69. The molecule has 0 fully saturated rings. The molecule has 0 radical (unpaired) electrons. The quantitative estimate of drug-likeness (QED) is 0.814. The third-order valence-electron chi connectivity index (χ3n) is 2.87. The molecule has 0 saturated carbocycles. The van der Waals surface area contributed by atoms with Gasteiger partial charge in [0, 0.05) is 17.6 Å². The zero-order chi connectivity index (χ0) is 16.0. The lowest BCUT2D eigenvalue weighted by molar-refractivity contribution is -0.137. The number of hydrogen-bond donors (Lipinski definition) is 1. The molecular formula is C15H20BrNO4. The highest BCUT2D eigenvalue weighted by Gasteiger charge is 2.20. The molecule has 0 spiro atoms. The number of carbonyl (C=O) groups is 2. The second-order valence-corrected chi connectivity index (χ2v) is 5.99. The minimum atomic E-state index is -0.915. The van der Waals surface area contributed by atoms with Crippen LogP contribution in [0.3, 0.4) is 0 Å². The molecule has 0 aliphatic carbocycles. The van der Waals surface area contributed by atoms with Crippen molar-refractivity contribution in [3.63, 3.8) is 0 Å². The first-order chi connectivity index (χ1) is 9.85. The Bertz CT molecular complexity index is 516. The largest absolute Gasteiger partial charge is 0.497 e. The SMILES string of the molecule is COc1ccc(Br)c(C(=O)N(CCC(=O)O)CC(C)C)c1. The van der Waals surface area contributed by atoms with E-state index in [0.717, 1.165) is 0 Å². The predicted molar refractivity (Wildman–Crippen MR) is 83.7 cm³/mol. The fourth-order valence-electron chi connectivity index (χ4n) is 1.91. The third-order valence-corrected chi connectivity index (χ3v) is 3.56. The van der Waals surface area contributed by atoms with Crippen molar-refractivity contribution >= 4 is 27.8 Å². The summed E-state index contributed by atoms with van der Waals surface area (Å²) in [6, 6.07) is 5.15. The highest BCUT2D eigenvalue weighted by atomic mass is 79.9. The normalized spacial score (nSPS) is 10.5. The Morgan fingerprint density at radius 2 is 2.05 bits per heavy atom. The van der Waals surface area contributed by atoms with E-state index >= 15 is 0 Å². The summed E-state index contributed by atoms with van der Waals surface area (Å²) in [4.78, 5) is 24.9. The van der Waals surface area contributed by atoms with Gasteiger partial charge in [-0.3, -0.25) is 9.59 Å². The number of nitrogens with zero attached hydrogens (tertiary/aromatic N) is 1. The molecule has 0 heterocycles. The smallest absolute Gasteiger partial charge is 0.305 e. The van der Waals surface area contributed by atoms with E-state index in [4.69, 9.17) is 9.84 Å². The zero-order valence-corrected chi connectivity index (χ0v) is 14.0. The van der Waals surface area contributed by atoms with E-state index in [-0.39, 0.29) is 24.8 Å². The van der Waals surface area contributed by atoms with Crippen LogP contribution in [0.15, 0.2) is 22.7 Å². The first kappa shape index (κ1) is 17.5. The molecule has 0 aliphatic heterocycles. The van der Waals surface area contributed by atoms with Gasteiger partial charge in [-0.1, -0.05) is 13.8 Å². The lowest BCUT2D eigenvalue weighted by Crippen LogP contribution is -2.36. The van der Waals surface area contributed by atoms with Crippen LogP contribution < -0.4 is 4.74 Å². The molecule has 0 unspecified atom stereocenters. The van der Waals surface area contributed by atoms with Gasteiger partial charge in [-0.15, -0.1) is 0 Å². The van der Waals surface area contributed by atoms with Gasteiger partial charge >= 0.3 is 5.97 Å². The van der Waals surface area contributed by atoms with Crippen LogP contribution >= 0.6 is 15.9 Å². The van der Waals surface area contributed by atoms with Crippen LogP contribution in [-0.4, -0.2) is 42.1 Å². The minimum absolute atomic E-state index is 0.0694. The standard InChI is InChI=1S/C15H20BrNO4/c1-10(2)9-17(7-6-14(18)19)15(20)12-8-11(21-3)4-5-13(12)16/h4-5,8,10H,6-7,9H2,1-3H3,(H,18,19). The highest BCUT2D eigenvalue weighted by Crippen LogP contribution is 2.24. The third kappa shape index (κ3) is 5.38. The zero-order valence-electron chi connectivity index (χ0n) is 12.4. The number of benzene rings is 1. The predicted octanol–water partition coefficient (Wildman–Crippen LogP) is 3.03. The summed E-state index contributed by atoms with van der Waals surface area (Å²) < 4.78 is 5.80. The van der Waals surface area contributed by atoms with Crippen LogP contribution in [0.1, 0.15) is 30.6 Å². The summed E-state index contributed by atoms with van der Waals surface area (Å²) >= 11 is 3.36. The Morgan fingerprint density at radius 1 is 1.38 bits per heavy atom. The summed E-state index contributed by atoms with van der Waals surface area (Å²) in [6.07, 6.45) is -0.0694. The van der Waals surface area contributed by atoms with Crippen LogP contribution in [-0.2, 0) is 4.79 Å². The number of ether oxygens (including phenoxy) is 1. The number of carboxylic acids is 1. The summed E-state index contributed by atoms with van der Waals surface area (Å²) in [5.41, 5.74) is 0.473. The van der Waals surface area contributed by atoms with E-state index in [1.54, 1.807) is 23.1 Å².